The molecule has 0 spiro atoms. The van der Waals surface area contributed by atoms with E-state index in [2.05, 4.69) is 82.1 Å². The molecular weight excluding hydrogens is 438 g/mol. The monoisotopic (exact) mass is 463 g/mol. The smallest absolute Gasteiger partial charge is 0.125 e. The first-order valence-corrected chi connectivity index (χ1v) is 10.9. The van der Waals surface area contributed by atoms with Crippen LogP contribution in [-0.2, 0) is 24.6 Å². The molecular formula is C25H26BrN3O. The molecule has 30 heavy (non-hydrogen) atoms. The van der Waals surface area contributed by atoms with Crippen LogP contribution < -0.4 is 5.32 Å². The number of halogens is 1. The molecule has 0 saturated heterocycles. The van der Waals surface area contributed by atoms with E-state index in [9.17, 15) is 0 Å². The summed E-state index contributed by atoms with van der Waals surface area (Å²) in [6, 6.07) is 20.8. The molecule has 0 atom stereocenters. The molecule has 0 unspecified atom stereocenters. The average Bonchev–Trinajstić information content (AvgIpc) is 3.04. The number of benzene rings is 3. The van der Waals surface area contributed by atoms with Crippen LogP contribution in [0.4, 0.5) is 5.69 Å². The van der Waals surface area contributed by atoms with Gasteiger partial charge in [0.2, 0.25) is 0 Å². The maximum absolute atomic E-state index is 5.98. The third kappa shape index (κ3) is 4.42. The molecule has 0 fully saturated rings. The Bertz CT molecular complexity index is 1150. The molecule has 4 rings (SSSR count). The number of hydrogen-bond donors (Lipinski definition) is 1. The van der Waals surface area contributed by atoms with Gasteiger partial charge in [-0.25, -0.2) is 4.98 Å². The number of aromatic nitrogens is 2. The largest absolute Gasteiger partial charge is 0.379 e. The van der Waals surface area contributed by atoms with Crippen molar-refractivity contribution in [3.63, 3.8) is 0 Å². The lowest BCUT2D eigenvalue weighted by atomic mass is 10.0. The highest BCUT2D eigenvalue weighted by Crippen LogP contribution is 2.30. The van der Waals surface area contributed by atoms with Crippen LogP contribution >= 0.6 is 15.9 Å². The summed E-state index contributed by atoms with van der Waals surface area (Å²) >= 11 is 3.66. The Labute approximate surface area is 186 Å². The van der Waals surface area contributed by atoms with Crippen molar-refractivity contribution in [3.05, 3.63) is 93.2 Å². The van der Waals surface area contributed by atoms with Crippen LogP contribution in [0.15, 0.2) is 65.1 Å². The minimum absolute atomic E-state index is 0.462. The second-order valence-electron chi connectivity index (χ2n) is 7.60. The maximum Gasteiger partial charge on any atom is 0.125 e. The molecule has 0 aliphatic carbocycles. The van der Waals surface area contributed by atoms with Gasteiger partial charge >= 0.3 is 0 Å². The fourth-order valence-electron chi connectivity index (χ4n) is 3.74. The average molecular weight is 464 g/mol. The maximum atomic E-state index is 5.98. The van der Waals surface area contributed by atoms with Crippen molar-refractivity contribution in [1.82, 2.24) is 9.55 Å². The van der Waals surface area contributed by atoms with E-state index in [0.29, 0.717) is 13.3 Å². The van der Waals surface area contributed by atoms with Gasteiger partial charge in [0, 0.05) is 11.0 Å². The fraction of sp³-hybridized carbons (Fsp3) is 0.240. The molecule has 4 nitrogen and oxygen atoms in total. The lowest BCUT2D eigenvalue weighted by molar-refractivity contribution is 0.0652. The molecule has 1 aromatic heterocycles. The second-order valence-corrected chi connectivity index (χ2v) is 8.51. The normalized spacial score (nSPS) is 11.2. The number of nitrogens with one attached hydrogen (secondary N) is 1. The summed E-state index contributed by atoms with van der Waals surface area (Å²) < 4.78 is 9.12. The van der Waals surface area contributed by atoms with Crippen LogP contribution in [0.1, 0.15) is 28.1 Å². The summed E-state index contributed by atoms with van der Waals surface area (Å²) in [6.45, 7) is 8.14. The van der Waals surface area contributed by atoms with Crippen molar-refractivity contribution in [2.45, 2.75) is 40.7 Å². The zero-order chi connectivity index (χ0) is 21.1. The molecule has 0 aliphatic rings. The van der Waals surface area contributed by atoms with Crippen molar-refractivity contribution in [1.29, 1.82) is 0 Å². The zero-order valence-electron chi connectivity index (χ0n) is 17.6. The van der Waals surface area contributed by atoms with Crippen molar-refractivity contribution in [2.24, 2.45) is 0 Å². The van der Waals surface area contributed by atoms with Crippen LogP contribution in [0.5, 0.6) is 0 Å². The Hall–Kier alpha value is -2.63. The van der Waals surface area contributed by atoms with Crippen LogP contribution in [0, 0.1) is 20.8 Å². The molecule has 0 radical (unpaired) electrons. The summed E-state index contributed by atoms with van der Waals surface area (Å²) in [5.74, 6) is 0.936. The summed E-state index contributed by atoms with van der Waals surface area (Å²) in [7, 11) is 0. The molecule has 0 saturated carbocycles. The molecule has 3 aromatic carbocycles. The van der Waals surface area contributed by atoms with Crippen LogP contribution in [0.25, 0.3) is 11.0 Å². The zero-order valence-corrected chi connectivity index (χ0v) is 19.2. The summed E-state index contributed by atoms with van der Waals surface area (Å²) in [5, 5.41) is 3.60. The van der Waals surface area contributed by atoms with Gasteiger partial charge in [0.1, 0.15) is 18.1 Å². The number of anilines is 1. The molecule has 0 amide bonds. The highest BCUT2D eigenvalue weighted by Gasteiger charge is 2.13. The van der Waals surface area contributed by atoms with E-state index < -0.39 is 0 Å². The summed E-state index contributed by atoms with van der Waals surface area (Å²) in [4.78, 5) is 4.84. The Balaban J connectivity index is 1.57. The molecule has 1 heterocycles. The van der Waals surface area contributed by atoms with E-state index in [-0.39, 0.29) is 0 Å². The van der Waals surface area contributed by atoms with E-state index in [1.54, 1.807) is 0 Å². The Morgan fingerprint density at radius 1 is 0.967 bits per heavy atom. The molecule has 1 N–H and O–H groups in total. The molecule has 0 aliphatic heterocycles. The van der Waals surface area contributed by atoms with Crippen LogP contribution in [0.3, 0.4) is 0 Å². The van der Waals surface area contributed by atoms with Gasteiger partial charge in [0.05, 0.1) is 17.8 Å². The molecule has 0 bridgehead atoms. The number of hydrogen-bond acceptors (Lipinski definition) is 3. The van der Waals surface area contributed by atoms with Crippen molar-refractivity contribution in [2.75, 3.05) is 5.32 Å². The van der Waals surface area contributed by atoms with Gasteiger partial charge in [-0.3, -0.25) is 0 Å². The van der Waals surface area contributed by atoms with Gasteiger partial charge in [0.25, 0.3) is 0 Å². The second kappa shape index (κ2) is 9.02. The van der Waals surface area contributed by atoms with E-state index in [4.69, 9.17) is 9.72 Å². The first kappa shape index (κ1) is 20.6. The van der Waals surface area contributed by atoms with Gasteiger partial charge in [-0.15, -0.1) is 0 Å². The Morgan fingerprint density at radius 2 is 1.70 bits per heavy atom. The van der Waals surface area contributed by atoms with Crippen molar-refractivity contribution >= 4 is 32.7 Å². The van der Waals surface area contributed by atoms with E-state index in [1.807, 2.05) is 25.1 Å². The number of fused-ring (bicyclic) bond motifs is 1. The number of ether oxygens (including phenoxy) is 1. The van der Waals surface area contributed by atoms with Crippen molar-refractivity contribution < 1.29 is 4.74 Å². The van der Waals surface area contributed by atoms with Gasteiger partial charge in [-0.1, -0.05) is 64.5 Å². The molecule has 4 aromatic rings. The summed E-state index contributed by atoms with van der Waals surface area (Å²) in [6.07, 6.45) is 0. The van der Waals surface area contributed by atoms with Gasteiger partial charge < -0.3 is 14.6 Å². The first-order chi connectivity index (χ1) is 14.5. The number of nitrogens with zero attached hydrogens (tertiary/aromatic N) is 2. The topological polar surface area (TPSA) is 39.1 Å². The third-order valence-corrected chi connectivity index (χ3v) is 5.90. The lowest BCUT2D eigenvalue weighted by Gasteiger charge is -2.13. The summed E-state index contributed by atoms with van der Waals surface area (Å²) in [5.41, 5.74) is 8.12. The quantitative estimate of drug-likeness (QED) is 0.339. The highest BCUT2D eigenvalue weighted by atomic mass is 79.9. The standard InChI is InChI=1S/C25H26BrN3O/c1-17-8-7-9-18(2)22(17)14-27-23-12-21(26)13-24-25(23)28-19(3)29(24)16-30-15-20-10-5-4-6-11-20/h4-13,27H,14-16H2,1-3H3. The number of aryl methyl sites for hydroxylation is 3. The van der Waals surface area contributed by atoms with Gasteiger partial charge in [-0.05, 0) is 55.2 Å². The van der Waals surface area contributed by atoms with E-state index in [0.717, 1.165) is 39.1 Å². The Morgan fingerprint density at radius 3 is 2.43 bits per heavy atom. The first-order valence-electron chi connectivity index (χ1n) is 10.1. The Kier molecular flexibility index (Phi) is 6.21. The van der Waals surface area contributed by atoms with Crippen LogP contribution in [0.2, 0.25) is 0 Å². The van der Waals surface area contributed by atoms with Gasteiger partial charge in [0.15, 0.2) is 0 Å². The fourth-order valence-corrected chi connectivity index (χ4v) is 4.19. The number of imidazole rings is 1. The minimum Gasteiger partial charge on any atom is -0.379 e. The minimum atomic E-state index is 0.462. The van der Waals surface area contributed by atoms with Crippen molar-refractivity contribution in [3.8, 4) is 0 Å². The van der Waals surface area contributed by atoms with E-state index >= 15 is 0 Å². The predicted molar refractivity (Wildman–Crippen MR) is 127 cm³/mol. The molecule has 154 valence electrons. The van der Waals surface area contributed by atoms with E-state index in [1.165, 1.54) is 16.7 Å². The highest BCUT2D eigenvalue weighted by molar-refractivity contribution is 9.10. The third-order valence-electron chi connectivity index (χ3n) is 5.44. The van der Waals surface area contributed by atoms with Gasteiger partial charge in [-0.2, -0.15) is 0 Å². The lowest BCUT2D eigenvalue weighted by Crippen LogP contribution is -2.05. The number of rotatable bonds is 7. The molecule has 5 heteroatoms. The predicted octanol–water partition coefficient (Wildman–Crippen LogP) is 6.51. The SMILES string of the molecule is Cc1cccc(C)c1CNc1cc(Br)cc2c1nc(C)n2COCc1ccccc1. The van der Waals surface area contributed by atoms with Crippen LogP contribution in [-0.4, -0.2) is 9.55 Å².